The lowest BCUT2D eigenvalue weighted by Gasteiger charge is -2.31. The summed E-state index contributed by atoms with van der Waals surface area (Å²) in [5.74, 6) is 8.50. The molecule has 2 fully saturated rings. The number of fused-ring (bicyclic) bond motifs is 2. The van der Waals surface area contributed by atoms with E-state index in [-0.39, 0.29) is 0 Å². The molecule has 0 saturated heterocycles. The molecule has 4 atom stereocenters. The maximum atomic E-state index is 5.89. The number of hydrogen-bond acceptors (Lipinski definition) is 2. The lowest BCUT2D eigenvalue weighted by molar-refractivity contribution is 0.251. The number of benzene rings is 1. The van der Waals surface area contributed by atoms with Gasteiger partial charge >= 0.3 is 0 Å². The predicted octanol–water partition coefficient (Wildman–Crippen LogP) is 3.24. The van der Waals surface area contributed by atoms with Gasteiger partial charge in [-0.25, -0.2) is 0 Å². The zero-order chi connectivity index (χ0) is 12.7. The standard InChI is InChI=1S/C16H24N2/c1-10-4-3-5-14(11(10)2)16(18-17)15-9-12-6-7-13(15)8-12/h3-5,12-13,15-16,18H,6-9,17H2,1-2H3. The van der Waals surface area contributed by atoms with Crippen molar-refractivity contribution in [1.82, 2.24) is 5.43 Å². The van der Waals surface area contributed by atoms with Crippen molar-refractivity contribution in [3.8, 4) is 0 Å². The molecule has 1 aromatic rings. The van der Waals surface area contributed by atoms with Gasteiger partial charge in [0.2, 0.25) is 0 Å². The minimum atomic E-state index is 0.347. The van der Waals surface area contributed by atoms with E-state index in [0.29, 0.717) is 6.04 Å². The van der Waals surface area contributed by atoms with Crippen molar-refractivity contribution in [2.75, 3.05) is 0 Å². The number of aryl methyl sites for hydroxylation is 1. The molecule has 2 aliphatic rings. The average molecular weight is 244 g/mol. The molecule has 2 bridgehead atoms. The highest BCUT2D eigenvalue weighted by molar-refractivity contribution is 5.36. The van der Waals surface area contributed by atoms with Crippen LogP contribution in [0, 0.1) is 31.6 Å². The monoisotopic (exact) mass is 244 g/mol. The van der Waals surface area contributed by atoms with Crippen molar-refractivity contribution in [2.24, 2.45) is 23.6 Å². The third-order valence-corrected chi connectivity index (χ3v) is 5.38. The Balaban J connectivity index is 1.90. The molecule has 3 rings (SSSR count). The normalized spacial score (nSPS) is 31.8. The Hall–Kier alpha value is -0.860. The fraction of sp³-hybridized carbons (Fsp3) is 0.625. The average Bonchev–Trinajstić information content (AvgIpc) is 2.98. The summed E-state index contributed by atoms with van der Waals surface area (Å²) in [6.45, 7) is 4.41. The zero-order valence-corrected chi connectivity index (χ0v) is 11.4. The smallest absolute Gasteiger partial charge is 0.0493 e. The zero-order valence-electron chi connectivity index (χ0n) is 11.4. The Morgan fingerprint density at radius 2 is 2.06 bits per heavy atom. The lowest BCUT2D eigenvalue weighted by Crippen LogP contribution is -2.36. The van der Waals surface area contributed by atoms with Crippen LogP contribution in [0.3, 0.4) is 0 Å². The van der Waals surface area contributed by atoms with Gasteiger partial charge in [0, 0.05) is 6.04 Å². The summed E-state index contributed by atoms with van der Waals surface area (Å²) < 4.78 is 0. The van der Waals surface area contributed by atoms with E-state index < -0.39 is 0 Å². The van der Waals surface area contributed by atoms with Crippen molar-refractivity contribution >= 4 is 0 Å². The van der Waals surface area contributed by atoms with Gasteiger partial charge in [0.25, 0.3) is 0 Å². The minimum Gasteiger partial charge on any atom is -0.271 e. The Kier molecular flexibility index (Phi) is 3.16. The summed E-state index contributed by atoms with van der Waals surface area (Å²) in [4.78, 5) is 0. The third-order valence-electron chi connectivity index (χ3n) is 5.38. The van der Waals surface area contributed by atoms with E-state index in [2.05, 4.69) is 37.5 Å². The summed E-state index contributed by atoms with van der Waals surface area (Å²) in [6.07, 6.45) is 5.67. The van der Waals surface area contributed by atoms with Gasteiger partial charge in [0.1, 0.15) is 0 Å². The Morgan fingerprint density at radius 3 is 2.67 bits per heavy atom. The molecule has 2 heteroatoms. The maximum absolute atomic E-state index is 5.89. The molecular formula is C16H24N2. The summed E-state index contributed by atoms with van der Waals surface area (Å²) in [6, 6.07) is 6.95. The predicted molar refractivity (Wildman–Crippen MR) is 74.9 cm³/mol. The molecule has 3 N–H and O–H groups in total. The molecule has 2 aliphatic carbocycles. The van der Waals surface area contributed by atoms with Crippen molar-refractivity contribution < 1.29 is 0 Å². The molecule has 0 heterocycles. The summed E-state index contributed by atoms with van der Waals surface area (Å²) in [5, 5.41) is 0. The molecule has 98 valence electrons. The third kappa shape index (κ3) is 1.88. The second-order valence-corrected chi connectivity index (χ2v) is 6.27. The molecule has 1 aromatic carbocycles. The van der Waals surface area contributed by atoms with Crippen LogP contribution in [-0.4, -0.2) is 0 Å². The quantitative estimate of drug-likeness (QED) is 0.633. The molecule has 4 unspecified atom stereocenters. The first-order valence-electron chi connectivity index (χ1n) is 7.23. The number of hydrazine groups is 1. The number of rotatable bonds is 3. The fourth-order valence-electron chi connectivity index (χ4n) is 4.26. The number of nitrogens with two attached hydrogens (primary N) is 1. The van der Waals surface area contributed by atoms with Crippen LogP contribution < -0.4 is 11.3 Å². The molecule has 0 amide bonds. The molecule has 18 heavy (non-hydrogen) atoms. The molecule has 0 spiro atoms. The SMILES string of the molecule is Cc1cccc(C(NN)C2CC3CCC2C3)c1C. The van der Waals surface area contributed by atoms with E-state index in [4.69, 9.17) is 5.84 Å². The van der Waals surface area contributed by atoms with Gasteiger partial charge in [-0.2, -0.15) is 0 Å². The summed E-state index contributed by atoms with van der Waals surface area (Å²) >= 11 is 0. The van der Waals surface area contributed by atoms with Gasteiger partial charge in [0.05, 0.1) is 0 Å². The van der Waals surface area contributed by atoms with Crippen LogP contribution in [0.25, 0.3) is 0 Å². The second kappa shape index (κ2) is 4.67. The Morgan fingerprint density at radius 1 is 1.22 bits per heavy atom. The highest BCUT2D eigenvalue weighted by Gasteiger charge is 2.43. The lowest BCUT2D eigenvalue weighted by atomic mass is 9.79. The topological polar surface area (TPSA) is 38.0 Å². The van der Waals surface area contributed by atoms with Gasteiger partial charge in [-0.3, -0.25) is 11.3 Å². The van der Waals surface area contributed by atoms with E-state index in [1.165, 1.54) is 42.4 Å². The van der Waals surface area contributed by atoms with Crippen molar-refractivity contribution in [3.05, 3.63) is 34.9 Å². The van der Waals surface area contributed by atoms with E-state index in [1.54, 1.807) is 0 Å². The van der Waals surface area contributed by atoms with Crippen molar-refractivity contribution in [3.63, 3.8) is 0 Å². The van der Waals surface area contributed by atoms with Crippen LogP contribution in [0.4, 0.5) is 0 Å². The molecule has 2 saturated carbocycles. The van der Waals surface area contributed by atoms with Gasteiger partial charge < -0.3 is 0 Å². The molecule has 2 nitrogen and oxygen atoms in total. The fourth-order valence-corrected chi connectivity index (χ4v) is 4.26. The van der Waals surface area contributed by atoms with Crippen LogP contribution in [0.15, 0.2) is 18.2 Å². The molecule has 0 aliphatic heterocycles. The highest BCUT2D eigenvalue weighted by atomic mass is 15.2. The number of hydrogen-bond donors (Lipinski definition) is 2. The first-order chi connectivity index (χ1) is 8.70. The van der Waals surface area contributed by atoms with Gasteiger partial charge in [-0.15, -0.1) is 0 Å². The first kappa shape index (κ1) is 12.2. The van der Waals surface area contributed by atoms with Crippen LogP contribution in [-0.2, 0) is 0 Å². The van der Waals surface area contributed by atoms with Crippen LogP contribution in [0.5, 0.6) is 0 Å². The van der Waals surface area contributed by atoms with Crippen LogP contribution in [0.2, 0.25) is 0 Å². The molecule has 0 radical (unpaired) electrons. The van der Waals surface area contributed by atoms with Crippen molar-refractivity contribution in [2.45, 2.75) is 45.6 Å². The highest BCUT2D eigenvalue weighted by Crippen LogP contribution is 2.52. The van der Waals surface area contributed by atoms with E-state index in [9.17, 15) is 0 Å². The summed E-state index contributed by atoms with van der Waals surface area (Å²) in [5.41, 5.74) is 7.30. The second-order valence-electron chi connectivity index (χ2n) is 6.27. The first-order valence-corrected chi connectivity index (χ1v) is 7.23. The molecular weight excluding hydrogens is 220 g/mol. The Labute approximate surface area is 110 Å². The number of nitrogens with one attached hydrogen (secondary N) is 1. The molecule has 0 aromatic heterocycles. The van der Waals surface area contributed by atoms with Crippen molar-refractivity contribution in [1.29, 1.82) is 0 Å². The summed E-state index contributed by atoms with van der Waals surface area (Å²) in [7, 11) is 0. The maximum Gasteiger partial charge on any atom is 0.0493 e. The Bertz CT molecular complexity index is 441. The van der Waals surface area contributed by atoms with Gasteiger partial charge in [0.15, 0.2) is 0 Å². The van der Waals surface area contributed by atoms with Gasteiger partial charge in [-0.1, -0.05) is 24.6 Å². The van der Waals surface area contributed by atoms with Crippen LogP contribution >= 0.6 is 0 Å². The minimum absolute atomic E-state index is 0.347. The van der Waals surface area contributed by atoms with E-state index in [1.807, 2.05) is 0 Å². The van der Waals surface area contributed by atoms with Gasteiger partial charge in [-0.05, 0) is 67.6 Å². The van der Waals surface area contributed by atoms with E-state index in [0.717, 1.165) is 17.8 Å². The van der Waals surface area contributed by atoms with Crippen LogP contribution in [0.1, 0.15) is 48.4 Å². The van der Waals surface area contributed by atoms with E-state index >= 15 is 0 Å². The largest absolute Gasteiger partial charge is 0.271 e.